The number of anilines is 1. The van der Waals surface area contributed by atoms with Crippen molar-refractivity contribution in [2.24, 2.45) is 0 Å². The van der Waals surface area contributed by atoms with Gasteiger partial charge in [-0.05, 0) is 22.9 Å². The number of sulfonamides is 1. The van der Waals surface area contributed by atoms with E-state index in [-0.39, 0.29) is 22.2 Å². The van der Waals surface area contributed by atoms with E-state index in [4.69, 9.17) is 5.11 Å². The van der Waals surface area contributed by atoms with Gasteiger partial charge in [0, 0.05) is 0 Å². The molecule has 0 amide bonds. The minimum Gasteiger partial charge on any atom is -0.477 e. The molecule has 112 valence electrons. The average molecular weight is 325 g/mol. The van der Waals surface area contributed by atoms with Crippen LogP contribution in [0.5, 0.6) is 0 Å². The zero-order chi connectivity index (χ0) is 15.5. The van der Waals surface area contributed by atoms with E-state index in [0.717, 1.165) is 16.9 Å². The number of carboxylic acids is 1. The maximum atomic E-state index is 12.2. The summed E-state index contributed by atoms with van der Waals surface area (Å²) in [5.74, 6) is -1.43. The molecule has 1 unspecified atom stereocenters. The Morgan fingerprint density at radius 3 is 2.57 bits per heavy atom. The molecule has 2 aromatic rings. The van der Waals surface area contributed by atoms with Crippen LogP contribution in [0.4, 0.5) is 5.69 Å². The summed E-state index contributed by atoms with van der Waals surface area (Å²) in [6.45, 7) is 1.82. The van der Waals surface area contributed by atoms with Gasteiger partial charge in [0.15, 0.2) is 0 Å². The lowest BCUT2D eigenvalue weighted by Crippen LogP contribution is -2.21. The van der Waals surface area contributed by atoms with E-state index in [1.54, 1.807) is 5.38 Å². The SMILES string of the molecule is CC(CS(=O)(=O)Nc1ccsc1C(=O)O)c1ccccc1. The molecular weight excluding hydrogens is 310 g/mol. The van der Waals surface area contributed by atoms with Crippen molar-refractivity contribution in [2.45, 2.75) is 12.8 Å². The number of hydrogen-bond acceptors (Lipinski definition) is 4. The lowest BCUT2D eigenvalue weighted by Gasteiger charge is -2.13. The van der Waals surface area contributed by atoms with Crippen LogP contribution in [0.3, 0.4) is 0 Å². The van der Waals surface area contributed by atoms with Gasteiger partial charge in [-0.1, -0.05) is 37.3 Å². The molecule has 0 radical (unpaired) electrons. The topological polar surface area (TPSA) is 83.5 Å². The highest BCUT2D eigenvalue weighted by Crippen LogP contribution is 2.25. The van der Waals surface area contributed by atoms with Crippen LogP contribution >= 0.6 is 11.3 Å². The van der Waals surface area contributed by atoms with Crippen molar-refractivity contribution in [1.82, 2.24) is 0 Å². The van der Waals surface area contributed by atoms with Gasteiger partial charge in [0.2, 0.25) is 10.0 Å². The van der Waals surface area contributed by atoms with Crippen molar-refractivity contribution in [3.8, 4) is 0 Å². The minimum absolute atomic E-state index is 0.00839. The second-order valence-corrected chi connectivity index (χ2v) is 7.35. The van der Waals surface area contributed by atoms with Crippen molar-refractivity contribution < 1.29 is 18.3 Å². The summed E-state index contributed by atoms with van der Waals surface area (Å²) in [6, 6.07) is 10.8. The molecule has 7 heteroatoms. The maximum Gasteiger partial charge on any atom is 0.348 e. The Morgan fingerprint density at radius 1 is 1.29 bits per heavy atom. The van der Waals surface area contributed by atoms with Crippen LogP contribution in [-0.4, -0.2) is 25.2 Å². The summed E-state index contributed by atoms with van der Waals surface area (Å²) in [5.41, 5.74) is 1.04. The fourth-order valence-corrected chi connectivity index (χ4v) is 4.16. The molecule has 21 heavy (non-hydrogen) atoms. The summed E-state index contributed by atoms with van der Waals surface area (Å²) >= 11 is 0.987. The average Bonchev–Trinajstić information content (AvgIpc) is 2.86. The molecule has 2 rings (SSSR count). The summed E-state index contributed by atoms with van der Waals surface area (Å²) < 4.78 is 26.7. The molecule has 1 heterocycles. The number of thiophene rings is 1. The van der Waals surface area contributed by atoms with Crippen molar-refractivity contribution >= 4 is 33.0 Å². The molecule has 1 aromatic heterocycles. The van der Waals surface area contributed by atoms with Crippen LogP contribution in [-0.2, 0) is 10.0 Å². The quantitative estimate of drug-likeness (QED) is 0.855. The third-order valence-electron chi connectivity index (χ3n) is 2.96. The number of carboxylic acid groups (broad SMARTS) is 1. The molecule has 1 atom stereocenters. The molecule has 0 saturated carbocycles. The number of benzene rings is 1. The minimum atomic E-state index is -3.61. The second kappa shape index (κ2) is 6.28. The maximum absolute atomic E-state index is 12.2. The summed E-state index contributed by atoms with van der Waals surface area (Å²) in [5, 5.41) is 10.5. The summed E-state index contributed by atoms with van der Waals surface area (Å²) in [6.07, 6.45) is 0. The van der Waals surface area contributed by atoms with E-state index >= 15 is 0 Å². The Balaban J connectivity index is 2.12. The first kappa shape index (κ1) is 15.5. The largest absolute Gasteiger partial charge is 0.477 e. The van der Waals surface area contributed by atoms with Gasteiger partial charge in [-0.3, -0.25) is 4.72 Å². The van der Waals surface area contributed by atoms with Crippen LogP contribution in [0.25, 0.3) is 0 Å². The lowest BCUT2D eigenvalue weighted by atomic mass is 10.0. The van der Waals surface area contributed by atoms with Gasteiger partial charge < -0.3 is 5.11 Å². The molecule has 0 bridgehead atoms. The van der Waals surface area contributed by atoms with E-state index in [2.05, 4.69) is 4.72 Å². The zero-order valence-corrected chi connectivity index (χ0v) is 12.9. The highest BCUT2D eigenvalue weighted by Gasteiger charge is 2.20. The first-order chi connectivity index (χ1) is 9.89. The van der Waals surface area contributed by atoms with Crippen molar-refractivity contribution in [3.63, 3.8) is 0 Å². The van der Waals surface area contributed by atoms with E-state index in [9.17, 15) is 13.2 Å². The first-order valence-corrected chi connectivity index (χ1v) is 8.78. The molecule has 0 aliphatic heterocycles. The molecule has 5 nitrogen and oxygen atoms in total. The molecular formula is C14H15NO4S2. The van der Waals surface area contributed by atoms with Crippen LogP contribution in [0.2, 0.25) is 0 Å². The first-order valence-electron chi connectivity index (χ1n) is 6.25. The third-order valence-corrected chi connectivity index (χ3v) is 5.34. The van der Waals surface area contributed by atoms with Gasteiger partial charge in [0.25, 0.3) is 0 Å². The van der Waals surface area contributed by atoms with Crippen LogP contribution in [0, 0.1) is 0 Å². The number of nitrogens with one attached hydrogen (secondary N) is 1. The van der Waals surface area contributed by atoms with E-state index < -0.39 is 16.0 Å². The number of rotatable bonds is 6. The highest BCUT2D eigenvalue weighted by molar-refractivity contribution is 7.92. The standard InChI is InChI=1S/C14H15NO4S2/c1-10(11-5-3-2-4-6-11)9-21(18,19)15-12-7-8-20-13(12)14(16)17/h2-8,10,15H,9H2,1H3,(H,16,17). The molecule has 2 N–H and O–H groups in total. The normalized spacial score (nSPS) is 12.8. The molecule has 0 aliphatic carbocycles. The summed E-state index contributed by atoms with van der Waals surface area (Å²) in [4.78, 5) is 11.0. The molecule has 0 fully saturated rings. The van der Waals surface area contributed by atoms with Crippen molar-refractivity contribution in [2.75, 3.05) is 10.5 Å². The zero-order valence-electron chi connectivity index (χ0n) is 11.3. The van der Waals surface area contributed by atoms with Gasteiger partial charge in [-0.25, -0.2) is 13.2 Å². The third kappa shape index (κ3) is 4.05. The number of aromatic carboxylic acids is 1. The van der Waals surface area contributed by atoms with Gasteiger partial charge in [0.1, 0.15) is 4.88 Å². The monoisotopic (exact) mass is 325 g/mol. The Morgan fingerprint density at radius 2 is 1.95 bits per heavy atom. The summed E-state index contributed by atoms with van der Waals surface area (Å²) in [7, 11) is -3.61. The van der Waals surface area contributed by atoms with E-state index in [0.29, 0.717) is 0 Å². The smallest absolute Gasteiger partial charge is 0.348 e. The molecule has 0 saturated heterocycles. The van der Waals surface area contributed by atoms with Crippen LogP contribution in [0.15, 0.2) is 41.8 Å². The van der Waals surface area contributed by atoms with Crippen LogP contribution < -0.4 is 4.72 Å². The Kier molecular flexibility index (Phi) is 4.64. The molecule has 0 aliphatic rings. The van der Waals surface area contributed by atoms with Gasteiger partial charge in [-0.15, -0.1) is 11.3 Å². The van der Waals surface area contributed by atoms with E-state index in [1.165, 1.54) is 6.07 Å². The molecule has 1 aromatic carbocycles. The predicted molar refractivity (Wildman–Crippen MR) is 83.5 cm³/mol. The Hall–Kier alpha value is -1.86. The van der Waals surface area contributed by atoms with E-state index in [1.807, 2.05) is 37.3 Å². The fourth-order valence-electron chi connectivity index (χ4n) is 1.97. The Labute approximate surface area is 127 Å². The Bertz CT molecular complexity index is 722. The number of hydrogen-bond donors (Lipinski definition) is 2. The van der Waals surface area contributed by atoms with Gasteiger partial charge in [0.05, 0.1) is 11.4 Å². The fraction of sp³-hybridized carbons (Fsp3) is 0.214. The molecule has 0 spiro atoms. The van der Waals surface area contributed by atoms with Gasteiger partial charge >= 0.3 is 5.97 Å². The van der Waals surface area contributed by atoms with Crippen LogP contribution in [0.1, 0.15) is 28.1 Å². The van der Waals surface area contributed by atoms with Gasteiger partial charge in [-0.2, -0.15) is 0 Å². The second-order valence-electron chi connectivity index (χ2n) is 4.66. The van der Waals surface area contributed by atoms with Crippen molar-refractivity contribution in [1.29, 1.82) is 0 Å². The lowest BCUT2D eigenvalue weighted by molar-refractivity contribution is 0.0703. The highest BCUT2D eigenvalue weighted by atomic mass is 32.2. The number of carbonyl (C=O) groups is 1. The predicted octanol–water partition coefficient (Wildman–Crippen LogP) is 2.99. The van der Waals surface area contributed by atoms with Crippen molar-refractivity contribution in [3.05, 3.63) is 52.2 Å².